The number of thiazole rings is 1. The van der Waals surface area contributed by atoms with Crippen molar-refractivity contribution in [1.82, 2.24) is 45.9 Å². The van der Waals surface area contributed by atoms with Crippen molar-refractivity contribution in [3.63, 3.8) is 0 Å². The number of hydrogen-bond donors (Lipinski definition) is 5. The summed E-state index contributed by atoms with van der Waals surface area (Å²) in [4.78, 5) is 96.6. The van der Waals surface area contributed by atoms with E-state index in [-0.39, 0.29) is 53.6 Å². The number of amides is 6. The number of likely N-dealkylation sites (tertiary alicyclic amines) is 1. The Bertz CT molecular complexity index is 2770. The van der Waals surface area contributed by atoms with Gasteiger partial charge >= 0.3 is 0 Å². The average molecular weight is 1120 g/mol. The molecular weight excluding hydrogens is 1040 g/mol. The van der Waals surface area contributed by atoms with Crippen molar-refractivity contribution in [3.8, 4) is 5.75 Å². The minimum atomic E-state index is -0.818. The van der Waals surface area contributed by atoms with Crippen molar-refractivity contribution in [2.45, 2.75) is 138 Å². The summed E-state index contributed by atoms with van der Waals surface area (Å²) >= 11 is 2.85. The van der Waals surface area contributed by atoms with Crippen LogP contribution in [0.3, 0.4) is 0 Å². The normalized spacial score (nSPS) is 21.2. The first-order valence-electron chi connectivity index (χ1n) is 28.0. The first-order chi connectivity index (χ1) is 37.8. The van der Waals surface area contributed by atoms with Crippen molar-refractivity contribution in [1.29, 1.82) is 0 Å². The van der Waals surface area contributed by atoms with Gasteiger partial charge in [0.05, 0.1) is 35.2 Å². The molecule has 1 saturated carbocycles. The molecule has 1 aliphatic carbocycles. The third-order valence-electron chi connectivity index (χ3n) is 16.2. The van der Waals surface area contributed by atoms with E-state index in [2.05, 4.69) is 41.4 Å². The number of likely N-dealkylation sites (N-methyl/N-ethyl adjacent to an activating group) is 1. The molecule has 20 heteroatoms. The Balaban J connectivity index is 0.810. The molecule has 79 heavy (non-hydrogen) atoms. The first-order valence-corrected chi connectivity index (χ1v) is 29.6. The van der Waals surface area contributed by atoms with Crippen LogP contribution in [-0.2, 0) is 19.2 Å². The summed E-state index contributed by atoms with van der Waals surface area (Å²) in [6.07, 6.45) is 7.04. The molecule has 6 amide bonds. The second-order valence-electron chi connectivity index (χ2n) is 22.5. The largest absolute Gasteiger partial charge is 0.496 e. The lowest BCUT2D eigenvalue weighted by Gasteiger charge is -2.43. The van der Waals surface area contributed by atoms with Crippen molar-refractivity contribution >= 4 is 69.4 Å². The highest BCUT2D eigenvalue weighted by Gasteiger charge is 2.46. The van der Waals surface area contributed by atoms with Crippen LogP contribution < -0.4 is 36.2 Å². The molecule has 0 bridgehead atoms. The molecule has 4 fully saturated rings. The Labute approximate surface area is 474 Å². The summed E-state index contributed by atoms with van der Waals surface area (Å²) < 4.78 is 6.48. The Morgan fingerprint density at radius 2 is 1.52 bits per heavy atom. The maximum atomic E-state index is 14.6. The second kappa shape index (κ2) is 26.5. The number of nitrogens with one attached hydrogen (secondary N) is 5. The number of rotatable bonds is 18. The van der Waals surface area contributed by atoms with Gasteiger partial charge in [0, 0.05) is 100 Å². The van der Waals surface area contributed by atoms with Gasteiger partial charge in [-0.25, -0.2) is 4.98 Å². The molecule has 18 nitrogen and oxygen atoms in total. The molecule has 3 saturated heterocycles. The van der Waals surface area contributed by atoms with E-state index in [1.165, 1.54) is 23.1 Å². The van der Waals surface area contributed by atoms with Gasteiger partial charge in [-0.05, 0) is 112 Å². The summed E-state index contributed by atoms with van der Waals surface area (Å²) in [5.74, 6) is -0.552. The number of ether oxygens (including phenoxy) is 1. The maximum absolute atomic E-state index is 14.6. The number of anilines is 2. The first kappa shape index (κ1) is 59.1. The number of benzene rings is 3. The molecule has 0 spiro atoms. The molecule has 4 aliphatic rings. The number of aromatic nitrogens is 1. The standard InChI is InChI=1S/C59H81N11O7S2/c1-10-47(40-14-12-11-13-15-40)63-55(74)48-33-43(36-70(48)57(76)52(59(5,6)7)64-53(72)38(3)60-8)62-42-18-22-45(23-19-42)68-28-26-67(27-29-68)44-20-16-41(17-21-44)54(73)65-58-61-35-51(79-58)78-50-34-46(49(77-9)32-37(50)2)56(75)69-30-24-66(25-31-69)39(4)71/h11-17,20-21,32,34-35,38,42-43,45,47-48,52,60,62H,10,18-19,22-31,33,36H2,1-9H3,(H,63,74)(H,64,72)(H,61,65,73)/t38-,42?,43-,45?,47+,48-,52+/m0/s1. The minimum Gasteiger partial charge on any atom is -0.496 e. The van der Waals surface area contributed by atoms with Crippen LogP contribution in [0.1, 0.15) is 118 Å². The van der Waals surface area contributed by atoms with Crippen molar-refractivity contribution in [2.24, 2.45) is 5.41 Å². The molecule has 8 rings (SSSR count). The molecule has 5 atom stereocenters. The molecule has 4 heterocycles. The fourth-order valence-electron chi connectivity index (χ4n) is 11.3. The lowest BCUT2D eigenvalue weighted by Crippen LogP contribution is -2.59. The van der Waals surface area contributed by atoms with Crippen LogP contribution in [-0.4, -0.2) is 169 Å². The van der Waals surface area contributed by atoms with Crippen LogP contribution >= 0.6 is 23.1 Å². The van der Waals surface area contributed by atoms with E-state index in [1.807, 2.05) is 101 Å². The Morgan fingerprint density at radius 3 is 2.14 bits per heavy atom. The Morgan fingerprint density at radius 1 is 0.848 bits per heavy atom. The topological polar surface area (TPSA) is 201 Å². The van der Waals surface area contributed by atoms with E-state index < -0.39 is 23.5 Å². The van der Waals surface area contributed by atoms with Crippen LogP contribution in [0, 0.1) is 12.3 Å². The van der Waals surface area contributed by atoms with Crippen molar-refractivity contribution in [2.75, 3.05) is 83.3 Å². The van der Waals surface area contributed by atoms with E-state index in [0.29, 0.717) is 73.6 Å². The zero-order chi connectivity index (χ0) is 56.5. The molecule has 0 unspecified atom stereocenters. The van der Waals surface area contributed by atoms with Gasteiger partial charge in [0.15, 0.2) is 5.13 Å². The van der Waals surface area contributed by atoms with Crippen LogP contribution in [0.15, 0.2) is 82.0 Å². The Kier molecular flexibility index (Phi) is 19.8. The monoisotopic (exact) mass is 1120 g/mol. The van der Waals surface area contributed by atoms with Gasteiger partial charge in [-0.15, -0.1) is 0 Å². The quantitative estimate of drug-likeness (QED) is 0.0718. The fraction of sp³-hybridized carbons (Fsp3) is 0.542. The summed E-state index contributed by atoms with van der Waals surface area (Å²) in [6, 6.07) is 19.9. The SMILES string of the molecule is CC[C@@H](NC(=O)[C@@H]1C[C@H](NC2CCC(N3CCN(c4ccc(C(=O)Nc5ncc(Sc6cc(C(=O)N7CCN(C(C)=O)CC7)c(OC)cc6C)s5)cc4)CC3)CC2)CN1C(=O)[C@@H](NC(=O)[C@H](C)NC)C(C)(C)C)c1ccccc1. The van der Waals surface area contributed by atoms with Gasteiger partial charge in [0.25, 0.3) is 11.8 Å². The highest BCUT2D eigenvalue weighted by molar-refractivity contribution is 8.01. The number of aryl methyl sites for hydroxylation is 1. The highest BCUT2D eigenvalue weighted by Crippen LogP contribution is 2.39. The molecule has 1 aromatic heterocycles. The number of piperazine rings is 2. The summed E-state index contributed by atoms with van der Waals surface area (Å²) in [5, 5.41) is 16.6. The van der Waals surface area contributed by atoms with Crippen molar-refractivity contribution in [3.05, 3.63) is 95.2 Å². The van der Waals surface area contributed by atoms with E-state index in [1.54, 1.807) is 48.9 Å². The van der Waals surface area contributed by atoms with Gasteiger partial charge in [-0.1, -0.05) is 81.1 Å². The third-order valence-corrected chi connectivity index (χ3v) is 18.4. The molecule has 5 N–H and O–H groups in total. The summed E-state index contributed by atoms with van der Waals surface area (Å²) in [7, 11) is 3.27. The third kappa shape index (κ3) is 14.7. The Hall–Kier alpha value is -6.06. The van der Waals surface area contributed by atoms with Crippen LogP contribution in [0.25, 0.3) is 0 Å². The number of hydrogen-bond acceptors (Lipinski definition) is 14. The van der Waals surface area contributed by atoms with Gasteiger partial charge in [0.1, 0.15) is 17.8 Å². The predicted octanol–water partition coefficient (Wildman–Crippen LogP) is 6.57. The van der Waals surface area contributed by atoms with Gasteiger partial charge < -0.3 is 45.6 Å². The van der Waals surface area contributed by atoms with Gasteiger partial charge in [-0.2, -0.15) is 0 Å². The van der Waals surface area contributed by atoms with Crippen LogP contribution in [0.4, 0.5) is 10.8 Å². The fourth-order valence-corrected chi connectivity index (χ4v) is 13.2. The smallest absolute Gasteiger partial charge is 0.257 e. The summed E-state index contributed by atoms with van der Waals surface area (Å²) in [5.41, 5.74) is 3.45. The zero-order valence-corrected chi connectivity index (χ0v) is 49.1. The lowest BCUT2D eigenvalue weighted by molar-refractivity contribution is -0.144. The molecule has 4 aromatic rings. The predicted molar refractivity (Wildman–Crippen MR) is 311 cm³/mol. The second-order valence-corrected chi connectivity index (χ2v) is 24.9. The van der Waals surface area contributed by atoms with E-state index in [9.17, 15) is 28.8 Å². The maximum Gasteiger partial charge on any atom is 0.257 e. The number of carbonyl (C=O) groups excluding carboxylic acids is 6. The lowest BCUT2D eigenvalue weighted by atomic mass is 9.85. The van der Waals surface area contributed by atoms with E-state index in [4.69, 9.17) is 4.74 Å². The van der Waals surface area contributed by atoms with E-state index >= 15 is 0 Å². The molecule has 426 valence electrons. The number of carbonyl (C=O) groups is 6. The minimum absolute atomic E-state index is 0.00615. The molecular formula is C59H81N11O7S2. The molecule has 3 aliphatic heterocycles. The van der Waals surface area contributed by atoms with Gasteiger partial charge in [0.2, 0.25) is 23.6 Å². The van der Waals surface area contributed by atoms with Gasteiger partial charge in [-0.3, -0.25) is 39.0 Å². The van der Waals surface area contributed by atoms with Crippen LogP contribution in [0.2, 0.25) is 0 Å². The van der Waals surface area contributed by atoms with Crippen molar-refractivity contribution < 1.29 is 33.5 Å². The zero-order valence-electron chi connectivity index (χ0n) is 47.4. The van der Waals surface area contributed by atoms with Crippen LogP contribution in [0.5, 0.6) is 5.75 Å². The molecule has 3 aromatic carbocycles. The number of nitrogens with zero attached hydrogens (tertiary/aromatic N) is 6. The van der Waals surface area contributed by atoms with E-state index in [0.717, 1.165) is 77.8 Å². The molecule has 0 radical (unpaired) electrons. The average Bonchev–Trinajstić information content (AvgIpc) is 4.21. The number of methoxy groups -OCH3 is 1. The summed E-state index contributed by atoms with van der Waals surface area (Å²) in [6.45, 7) is 19.1. The highest BCUT2D eigenvalue weighted by atomic mass is 32.2.